The maximum atomic E-state index is 12.8. The molecule has 1 atom stereocenters. The highest BCUT2D eigenvalue weighted by Crippen LogP contribution is 2.24. The van der Waals surface area contributed by atoms with Gasteiger partial charge in [-0.1, -0.05) is 18.2 Å². The number of likely N-dealkylation sites (N-methyl/N-ethyl adjacent to an activating group) is 1. The van der Waals surface area contributed by atoms with Crippen molar-refractivity contribution in [3.05, 3.63) is 42.7 Å². The quantitative estimate of drug-likeness (QED) is 0.790. The van der Waals surface area contributed by atoms with Gasteiger partial charge in [0.1, 0.15) is 12.6 Å². The predicted molar refractivity (Wildman–Crippen MR) is 100 cm³/mol. The summed E-state index contributed by atoms with van der Waals surface area (Å²) in [6, 6.07) is 8.51. The lowest BCUT2D eigenvalue weighted by Gasteiger charge is -2.26. The van der Waals surface area contributed by atoms with E-state index in [2.05, 4.69) is 10.4 Å². The van der Waals surface area contributed by atoms with Gasteiger partial charge in [0, 0.05) is 25.0 Å². The molecule has 1 aliphatic rings. The van der Waals surface area contributed by atoms with Crippen LogP contribution in [0.15, 0.2) is 42.7 Å². The van der Waals surface area contributed by atoms with Crippen LogP contribution in [0.4, 0.5) is 16.2 Å². The molecule has 142 valence electrons. The van der Waals surface area contributed by atoms with Crippen LogP contribution in [-0.2, 0) is 16.1 Å². The molecule has 0 aliphatic carbocycles. The third kappa shape index (κ3) is 4.08. The fourth-order valence-corrected chi connectivity index (χ4v) is 3.19. The predicted octanol–water partition coefficient (Wildman–Crippen LogP) is 1.03. The second-order valence-corrected chi connectivity index (χ2v) is 6.24. The first-order valence-electron chi connectivity index (χ1n) is 8.74. The van der Waals surface area contributed by atoms with Crippen LogP contribution in [-0.4, -0.2) is 51.7 Å². The Morgan fingerprint density at radius 3 is 2.74 bits per heavy atom. The molecule has 2 aromatic rings. The Bertz CT molecular complexity index is 835. The number of benzene rings is 1. The van der Waals surface area contributed by atoms with Crippen LogP contribution in [0, 0.1) is 0 Å². The summed E-state index contributed by atoms with van der Waals surface area (Å²) in [6.45, 7) is 2.71. The molecule has 1 saturated heterocycles. The zero-order chi connectivity index (χ0) is 19.4. The maximum absolute atomic E-state index is 12.8. The van der Waals surface area contributed by atoms with E-state index in [1.807, 2.05) is 37.3 Å². The normalized spacial score (nSPS) is 16.4. The third-order valence-electron chi connectivity index (χ3n) is 4.43. The minimum absolute atomic E-state index is 0.0689. The molecule has 0 unspecified atom stereocenters. The van der Waals surface area contributed by atoms with Gasteiger partial charge in [0.15, 0.2) is 0 Å². The number of amides is 4. The van der Waals surface area contributed by atoms with Crippen LogP contribution in [0.25, 0.3) is 0 Å². The molecule has 1 aromatic carbocycles. The minimum Gasteiger partial charge on any atom is -0.368 e. The highest BCUT2D eigenvalue weighted by molar-refractivity contribution is 6.02. The summed E-state index contributed by atoms with van der Waals surface area (Å²) < 4.78 is 1.34. The molecule has 3 rings (SSSR count). The minimum atomic E-state index is -0.524. The number of para-hydroxylation sites is 1. The van der Waals surface area contributed by atoms with Crippen molar-refractivity contribution >= 4 is 29.2 Å². The lowest BCUT2D eigenvalue weighted by molar-refractivity contribution is -0.121. The fourth-order valence-electron chi connectivity index (χ4n) is 3.19. The zero-order valence-electron chi connectivity index (χ0n) is 15.0. The largest absolute Gasteiger partial charge is 0.368 e. The molecule has 0 radical (unpaired) electrons. The first kappa shape index (κ1) is 18.4. The van der Waals surface area contributed by atoms with Gasteiger partial charge in [-0.15, -0.1) is 0 Å². The second kappa shape index (κ2) is 7.90. The first-order chi connectivity index (χ1) is 13.0. The molecule has 0 bridgehead atoms. The van der Waals surface area contributed by atoms with E-state index < -0.39 is 11.9 Å². The van der Waals surface area contributed by atoms with Crippen molar-refractivity contribution < 1.29 is 14.4 Å². The molecule has 2 heterocycles. The summed E-state index contributed by atoms with van der Waals surface area (Å²) in [6.07, 6.45) is 3.51. The summed E-state index contributed by atoms with van der Waals surface area (Å²) in [5, 5.41) is 6.69. The lowest BCUT2D eigenvalue weighted by atomic mass is 10.2. The standard InChI is InChI=1S/C18H22N6O3/c1-2-23(18(27)21-13-10-20-22(11-13)12-16(19)25)15-8-9-24(17(15)26)14-6-4-3-5-7-14/h3-7,10-11,15H,2,8-9,12H2,1H3,(H2,19,25)(H,21,27)/t15-/m1/s1. The molecule has 3 N–H and O–H groups in total. The van der Waals surface area contributed by atoms with Gasteiger partial charge in [0.05, 0.1) is 11.9 Å². The average Bonchev–Trinajstić information content (AvgIpc) is 3.23. The van der Waals surface area contributed by atoms with E-state index in [0.717, 1.165) is 5.69 Å². The van der Waals surface area contributed by atoms with Crippen LogP contribution in [0.5, 0.6) is 0 Å². The van der Waals surface area contributed by atoms with Crippen LogP contribution < -0.4 is 16.0 Å². The third-order valence-corrected chi connectivity index (χ3v) is 4.43. The molecule has 4 amide bonds. The molecular weight excluding hydrogens is 348 g/mol. The molecule has 27 heavy (non-hydrogen) atoms. The number of urea groups is 1. The van der Waals surface area contributed by atoms with E-state index in [4.69, 9.17) is 5.73 Å². The number of hydrogen-bond donors (Lipinski definition) is 2. The Hall–Kier alpha value is -3.36. The number of carbonyl (C=O) groups is 3. The maximum Gasteiger partial charge on any atom is 0.322 e. The molecule has 9 heteroatoms. The molecule has 1 aromatic heterocycles. The number of hydrogen-bond acceptors (Lipinski definition) is 4. The molecule has 1 fully saturated rings. The number of rotatable bonds is 6. The number of aromatic nitrogens is 2. The molecule has 9 nitrogen and oxygen atoms in total. The monoisotopic (exact) mass is 370 g/mol. The Labute approximate surface area is 156 Å². The highest BCUT2D eigenvalue weighted by atomic mass is 16.2. The number of nitrogens with one attached hydrogen (secondary N) is 1. The number of anilines is 2. The van der Waals surface area contributed by atoms with E-state index in [1.54, 1.807) is 4.90 Å². The van der Waals surface area contributed by atoms with E-state index in [0.29, 0.717) is 25.2 Å². The Kier molecular flexibility index (Phi) is 5.39. The topological polar surface area (TPSA) is 114 Å². The molecular formula is C18H22N6O3. The van der Waals surface area contributed by atoms with Gasteiger partial charge in [-0.3, -0.25) is 14.3 Å². The van der Waals surface area contributed by atoms with Crippen molar-refractivity contribution in [3.8, 4) is 0 Å². The Morgan fingerprint density at radius 1 is 1.33 bits per heavy atom. The first-order valence-corrected chi connectivity index (χ1v) is 8.74. The Morgan fingerprint density at radius 2 is 2.07 bits per heavy atom. The van der Waals surface area contributed by atoms with Crippen molar-refractivity contribution in [2.24, 2.45) is 5.73 Å². The number of carbonyl (C=O) groups excluding carboxylic acids is 3. The van der Waals surface area contributed by atoms with Crippen molar-refractivity contribution in [1.82, 2.24) is 14.7 Å². The fraction of sp³-hybridized carbons (Fsp3) is 0.333. The summed E-state index contributed by atoms with van der Waals surface area (Å²) in [5.41, 5.74) is 6.39. The van der Waals surface area contributed by atoms with E-state index in [9.17, 15) is 14.4 Å². The van der Waals surface area contributed by atoms with Crippen LogP contribution in [0.2, 0.25) is 0 Å². The van der Waals surface area contributed by atoms with Crippen molar-refractivity contribution in [3.63, 3.8) is 0 Å². The van der Waals surface area contributed by atoms with E-state index in [1.165, 1.54) is 22.0 Å². The summed E-state index contributed by atoms with van der Waals surface area (Å²) in [5.74, 6) is -0.619. The second-order valence-electron chi connectivity index (χ2n) is 6.24. The van der Waals surface area contributed by atoms with Gasteiger partial charge in [0.25, 0.3) is 0 Å². The van der Waals surface area contributed by atoms with Gasteiger partial charge in [-0.2, -0.15) is 5.10 Å². The van der Waals surface area contributed by atoms with Crippen LogP contribution >= 0.6 is 0 Å². The Balaban J connectivity index is 1.67. The molecule has 1 aliphatic heterocycles. The summed E-state index contributed by atoms with van der Waals surface area (Å²) in [7, 11) is 0. The van der Waals surface area contributed by atoms with Crippen molar-refractivity contribution in [2.75, 3.05) is 23.3 Å². The van der Waals surface area contributed by atoms with Crippen molar-refractivity contribution in [2.45, 2.75) is 25.9 Å². The number of nitrogens with two attached hydrogens (primary N) is 1. The highest BCUT2D eigenvalue weighted by Gasteiger charge is 2.38. The van der Waals surface area contributed by atoms with Crippen LogP contribution in [0.1, 0.15) is 13.3 Å². The zero-order valence-corrected chi connectivity index (χ0v) is 15.0. The van der Waals surface area contributed by atoms with Gasteiger partial charge in [-0.25, -0.2) is 4.79 Å². The van der Waals surface area contributed by atoms with Gasteiger partial charge in [-0.05, 0) is 25.5 Å². The van der Waals surface area contributed by atoms with Crippen molar-refractivity contribution in [1.29, 1.82) is 0 Å². The van der Waals surface area contributed by atoms with E-state index in [-0.39, 0.29) is 18.5 Å². The van der Waals surface area contributed by atoms with Gasteiger partial charge < -0.3 is 20.9 Å². The molecule has 0 saturated carbocycles. The molecule has 0 spiro atoms. The number of nitrogens with zero attached hydrogens (tertiary/aromatic N) is 4. The summed E-state index contributed by atoms with van der Waals surface area (Å²) in [4.78, 5) is 39.6. The van der Waals surface area contributed by atoms with Crippen LogP contribution in [0.3, 0.4) is 0 Å². The summed E-state index contributed by atoms with van der Waals surface area (Å²) >= 11 is 0. The lowest BCUT2D eigenvalue weighted by Crippen LogP contribution is -2.47. The SMILES string of the molecule is CCN(C(=O)Nc1cnn(CC(N)=O)c1)[C@@H]1CCN(c2ccccc2)C1=O. The van der Waals surface area contributed by atoms with E-state index >= 15 is 0 Å². The smallest absolute Gasteiger partial charge is 0.322 e. The average molecular weight is 370 g/mol. The number of primary amides is 1. The van der Waals surface area contributed by atoms with Gasteiger partial charge >= 0.3 is 6.03 Å². The van der Waals surface area contributed by atoms with Gasteiger partial charge in [0.2, 0.25) is 11.8 Å².